The van der Waals surface area contributed by atoms with E-state index in [1.54, 1.807) is 18.2 Å². The average molecular weight is 317 g/mol. The van der Waals surface area contributed by atoms with Gasteiger partial charge in [-0.05, 0) is 24.6 Å². The molecule has 108 valence electrons. The van der Waals surface area contributed by atoms with Crippen molar-refractivity contribution in [1.82, 2.24) is 0 Å². The highest BCUT2D eigenvalue weighted by atomic mass is 35.5. The van der Waals surface area contributed by atoms with E-state index < -0.39 is 10.3 Å². The highest BCUT2D eigenvalue weighted by Gasteiger charge is 2.56. The summed E-state index contributed by atoms with van der Waals surface area (Å²) in [6.07, 6.45) is 0.426. The van der Waals surface area contributed by atoms with Crippen molar-refractivity contribution in [2.24, 2.45) is 5.92 Å². The lowest BCUT2D eigenvalue weighted by Crippen LogP contribution is -2.17. The quantitative estimate of drug-likeness (QED) is 0.839. The van der Waals surface area contributed by atoms with Crippen molar-refractivity contribution in [3.8, 4) is 5.75 Å². The summed E-state index contributed by atoms with van der Waals surface area (Å²) in [6, 6.07) is 4.95. The number of carbonyl (C=O) groups is 2. The molecular weight excluding hydrogens is 303 g/mol. The summed E-state index contributed by atoms with van der Waals surface area (Å²) in [5, 5.41) is 5.34. The molecular formula is C13H14Cl2N2O3. The van der Waals surface area contributed by atoms with Gasteiger partial charge in [-0.15, -0.1) is 23.2 Å². The molecule has 7 heteroatoms. The first-order valence-corrected chi connectivity index (χ1v) is 6.73. The number of benzene rings is 1. The lowest BCUT2D eigenvalue weighted by atomic mass is 10.2. The maximum Gasteiger partial charge on any atom is 0.230 e. The van der Waals surface area contributed by atoms with Crippen molar-refractivity contribution in [3.05, 3.63) is 18.2 Å². The Bertz CT molecular complexity index is 561. The van der Waals surface area contributed by atoms with Gasteiger partial charge in [-0.2, -0.15) is 0 Å². The number of carbonyl (C=O) groups excluding carboxylic acids is 2. The number of methoxy groups -OCH3 is 1. The minimum absolute atomic E-state index is 0.199. The van der Waals surface area contributed by atoms with Crippen molar-refractivity contribution < 1.29 is 14.3 Å². The normalized spacial score (nSPS) is 19.1. The van der Waals surface area contributed by atoms with Crippen LogP contribution in [-0.2, 0) is 9.59 Å². The Hall–Kier alpha value is -1.46. The second kappa shape index (κ2) is 5.50. The Morgan fingerprint density at radius 2 is 2.00 bits per heavy atom. The van der Waals surface area contributed by atoms with Crippen molar-refractivity contribution in [1.29, 1.82) is 0 Å². The van der Waals surface area contributed by atoms with Crippen LogP contribution >= 0.6 is 23.2 Å². The zero-order valence-corrected chi connectivity index (χ0v) is 12.5. The Balaban J connectivity index is 2.16. The zero-order chi connectivity index (χ0) is 14.9. The van der Waals surface area contributed by atoms with Crippen LogP contribution in [0.2, 0.25) is 0 Å². The van der Waals surface area contributed by atoms with Gasteiger partial charge in [-0.3, -0.25) is 9.59 Å². The van der Waals surface area contributed by atoms with E-state index in [2.05, 4.69) is 10.6 Å². The van der Waals surface area contributed by atoms with Gasteiger partial charge < -0.3 is 15.4 Å². The molecule has 2 rings (SSSR count). The van der Waals surface area contributed by atoms with Gasteiger partial charge in [0.15, 0.2) is 0 Å². The minimum atomic E-state index is -0.980. The maximum atomic E-state index is 12.0. The lowest BCUT2D eigenvalue weighted by Gasteiger charge is -2.12. The molecule has 5 nitrogen and oxygen atoms in total. The molecule has 1 aromatic rings. The van der Waals surface area contributed by atoms with Crippen LogP contribution in [0.15, 0.2) is 18.2 Å². The first kappa shape index (κ1) is 14.9. The van der Waals surface area contributed by atoms with E-state index in [-0.39, 0.29) is 11.8 Å². The number of amides is 2. The molecule has 0 spiro atoms. The van der Waals surface area contributed by atoms with Crippen LogP contribution in [0.4, 0.5) is 11.4 Å². The first-order valence-electron chi connectivity index (χ1n) is 5.98. The maximum absolute atomic E-state index is 12.0. The van der Waals surface area contributed by atoms with Crippen LogP contribution in [0.1, 0.15) is 13.3 Å². The van der Waals surface area contributed by atoms with Gasteiger partial charge in [0.2, 0.25) is 11.8 Å². The van der Waals surface area contributed by atoms with Gasteiger partial charge in [-0.25, -0.2) is 0 Å². The molecule has 1 fully saturated rings. The van der Waals surface area contributed by atoms with Crippen molar-refractivity contribution in [3.63, 3.8) is 0 Å². The van der Waals surface area contributed by atoms with Gasteiger partial charge in [-0.1, -0.05) is 0 Å². The number of ether oxygens (including phenoxy) is 1. The molecule has 0 unspecified atom stereocenters. The zero-order valence-electron chi connectivity index (χ0n) is 11.0. The van der Waals surface area contributed by atoms with Gasteiger partial charge in [0, 0.05) is 12.6 Å². The van der Waals surface area contributed by atoms with Crippen LogP contribution in [0.3, 0.4) is 0 Å². The number of hydrogen-bond acceptors (Lipinski definition) is 3. The molecule has 2 amide bonds. The van der Waals surface area contributed by atoms with Crippen LogP contribution in [0.5, 0.6) is 5.75 Å². The molecule has 1 atom stereocenters. The number of nitrogens with one attached hydrogen (secondary N) is 2. The van der Waals surface area contributed by atoms with Crippen LogP contribution < -0.4 is 15.4 Å². The number of rotatable bonds is 4. The van der Waals surface area contributed by atoms with Gasteiger partial charge in [0.25, 0.3) is 0 Å². The molecule has 0 saturated heterocycles. The number of anilines is 2. The molecule has 20 heavy (non-hydrogen) atoms. The fourth-order valence-corrected chi connectivity index (χ4v) is 2.31. The van der Waals surface area contributed by atoms with E-state index in [1.165, 1.54) is 14.0 Å². The van der Waals surface area contributed by atoms with Crippen molar-refractivity contribution >= 4 is 46.4 Å². The molecule has 1 aliphatic rings. The van der Waals surface area contributed by atoms with E-state index in [0.29, 0.717) is 23.5 Å². The highest BCUT2D eigenvalue weighted by molar-refractivity contribution is 6.52. The third-order valence-corrected chi connectivity index (χ3v) is 3.76. The van der Waals surface area contributed by atoms with E-state index in [1.807, 2.05) is 0 Å². The van der Waals surface area contributed by atoms with Crippen LogP contribution in [0, 0.1) is 5.92 Å². The summed E-state index contributed by atoms with van der Waals surface area (Å²) in [6.45, 7) is 1.40. The van der Waals surface area contributed by atoms with E-state index in [9.17, 15) is 9.59 Å². The Kier molecular flexibility index (Phi) is 4.11. The smallest absolute Gasteiger partial charge is 0.230 e. The SMILES string of the molecule is COc1ccc(NC(C)=O)cc1NC(=O)[C@@H]1CC1(Cl)Cl. The topological polar surface area (TPSA) is 67.4 Å². The number of halogens is 2. The van der Waals surface area contributed by atoms with Crippen molar-refractivity contribution in [2.75, 3.05) is 17.7 Å². The average Bonchev–Trinajstić information content (AvgIpc) is 2.98. The number of hydrogen-bond donors (Lipinski definition) is 2. The summed E-state index contributed by atoms with van der Waals surface area (Å²) < 4.78 is 4.19. The molecule has 0 aliphatic heterocycles. The van der Waals surface area contributed by atoms with E-state index >= 15 is 0 Å². The van der Waals surface area contributed by atoms with Gasteiger partial charge in [0.1, 0.15) is 10.1 Å². The predicted octanol–water partition coefficient (Wildman–Crippen LogP) is 2.79. The Morgan fingerprint density at radius 3 is 2.50 bits per heavy atom. The largest absolute Gasteiger partial charge is 0.495 e. The first-order chi connectivity index (χ1) is 9.33. The highest BCUT2D eigenvalue weighted by Crippen LogP contribution is 2.53. The molecule has 0 aromatic heterocycles. The second-order valence-corrected chi connectivity index (χ2v) is 6.15. The van der Waals surface area contributed by atoms with Crippen LogP contribution in [-0.4, -0.2) is 23.3 Å². The summed E-state index contributed by atoms with van der Waals surface area (Å²) >= 11 is 11.7. The lowest BCUT2D eigenvalue weighted by molar-refractivity contribution is -0.117. The predicted molar refractivity (Wildman–Crippen MR) is 78.5 cm³/mol. The Labute approximate surface area is 126 Å². The van der Waals surface area contributed by atoms with Crippen molar-refractivity contribution in [2.45, 2.75) is 17.7 Å². The van der Waals surface area contributed by atoms with Gasteiger partial charge >= 0.3 is 0 Å². The molecule has 1 aromatic carbocycles. The molecule has 1 saturated carbocycles. The number of alkyl halides is 2. The monoisotopic (exact) mass is 316 g/mol. The summed E-state index contributed by atoms with van der Waals surface area (Å²) in [7, 11) is 1.49. The fraction of sp³-hybridized carbons (Fsp3) is 0.385. The summed E-state index contributed by atoms with van der Waals surface area (Å²) in [5.41, 5.74) is 1.02. The molecule has 0 heterocycles. The molecule has 0 bridgehead atoms. The van der Waals surface area contributed by atoms with Crippen LogP contribution in [0.25, 0.3) is 0 Å². The standard InChI is InChI=1S/C13H14Cl2N2O3/c1-7(18)16-8-3-4-11(20-2)10(5-8)17-12(19)9-6-13(9,14)15/h3-5,9H,6H2,1-2H3,(H,16,18)(H,17,19)/t9-/m0/s1. The third kappa shape index (κ3) is 3.35. The van der Waals surface area contributed by atoms with E-state index in [0.717, 1.165) is 0 Å². The fourth-order valence-electron chi connectivity index (χ4n) is 1.80. The summed E-state index contributed by atoms with van der Waals surface area (Å²) in [5.74, 6) is -0.411. The third-order valence-electron chi connectivity index (χ3n) is 2.92. The van der Waals surface area contributed by atoms with E-state index in [4.69, 9.17) is 27.9 Å². The minimum Gasteiger partial charge on any atom is -0.495 e. The Morgan fingerprint density at radius 1 is 1.35 bits per heavy atom. The van der Waals surface area contributed by atoms with Gasteiger partial charge in [0.05, 0.1) is 18.7 Å². The molecule has 1 aliphatic carbocycles. The molecule has 0 radical (unpaired) electrons. The summed E-state index contributed by atoms with van der Waals surface area (Å²) in [4.78, 5) is 23.0. The molecule has 2 N–H and O–H groups in total. The second-order valence-electron chi connectivity index (χ2n) is 4.60.